The highest BCUT2D eigenvalue weighted by Crippen LogP contribution is 2.33. The molecule has 0 N–H and O–H groups in total. The normalized spacial score (nSPS) is 10.9. The van der Waals surface area contributed by atoms with Gasteiger partial charge in [-0.3, -0.25) is 0 Å². The van der Waals surface area contributed by atoms with Crippen LogP contribution in [0.4, 0.5) is 0 Å². The van der Waals surface area contributed by atoms with Crippen molar-refractivity contribution in [1.29, 1.82) is 0 Å². The van der Waals surface area contributed by atoms with Crippen molar-refractivity contribution < 1.29 is 17.9 Å². The van der Waals surface area contributed by atoms with E-state index in [9.17, 15) is 13.2 Å². The first-order valence-corrected chi connectivity index (χ1v) is 11.6. The molecule has 0 unspecified atom stereocenters. The summed E-state index contributed by atoms with van der Waals surface area (Å²) in [6, 6.07) is 22.7. The lowest BCUT2D eigenvalue weighted by molar-refractivity contribution is 0.0526. The van der Waals surface area contributed by atoms with Gasteiger partial charge < -0.3 is 4.74 Å². The van der Waals surface area contributed by atoms with Gasteiger partial charge in [-0.15, -0.1) is 0 Å². The number of rotatable bonds is 5. The van der Waals surface area contributed by atoms with E-state index in [0.29, 0.717) is 17.7 Å². The second-order valence-electron chi connectivity index (χ2n) is 6.47. The Labute approximate surface area is 183 Å². The van der Waals surface area contributed by atoms with E-state index < -0.39 is 10.0 Å². The van der Waals surface area contributed by atoms with Crippen LogP contribution >= 0.6 is 0 Å². The predicted octanol–water partition coefficient (Wildman–Crippen LogP) is 5.75. The second kappa shape index (κ2) is 9.62. The number of benzene rings is 3. The van der Waals surface area contributed by atoms with E-state index in [1.54, 1.807) is 73.8 Å². The molecule has 31 heavy (non-hydrogen) atoms. The van der Waals surface area contributed by atoms with Gasteiger partial charge in [0.05, 0.1) is 22.6 Å². The van der Waals surface area contributed by atoms with Crippen LogP contribution in [-0.2, 0) is 14.8 Å². The molecule has 0 radical (unpaired) electrons. The van der Waals surface area contributed by atoms with Crippen LogP contribution in [0.5, 0.6) is 0 Å². The summed E-state index contributed by atoms with van der Waals surface area (Å²) in [6.45, 7) is 6.07. The molecule has 3 aromatic carbocycles. The lowest BCUT2D eigenvalue weighted by atomic mass is 10.0. The number of nitrogens with zero attached hydrogens (tertiary/aromatic N) is 1. The Morgan fingerprint density at radius 1 is 0.871 bits per heavy atom. The molecule has 0 fully saturated rings. The third-order valence-electron chi connectivity index (χ3n) is 4.69. The number of para-hydroxylation sites is 1. The topological polar surface area (TPSA) is 65.4 Å². The van der Waals surface area contributed by atoms with Crippen LogP contribution < -0.4 is 0 Å². The highest BCUT2D eigenvalue weighted by Gasteiger charge is 2.21. The van der Waals surface area contributed by atoms with Crippen molar-refractivity contribution in [2.45, 2.75) is 25.7 Å². The summed E-state index contributed by atoms with van der Waals surface area (Å²) < 4.78 is 32.8. The van der Waals surface area contributed by atoms with E-state index in [0.717, 1.165) is 16.5 Å². The minimum atomic E-state index is -3.74. The lowest BCUT2D eigenvalue weighted by Crippen LogP contribution is -2.11. The van der Waals surface area contributed by atoms with E-state index in [1.165, 1.54) is 3.97 Å². The van der Waals surface area contributed by atoms with Crippen LogP contribution in [0, 0.1) is 0 Å². The molecule has 1 aromatic heterocycles. The van der Waals surface area contributed by atoms with Crippen molar-refractivity contribution in [3.63, 3.8) is 0 Å². The number of carbonyl (C=O) groups excluding carboxylic acids is 1. The van der Waals surface area contributed by atoms with Crippen LogP contribution in [-0.4, -0.2) is 25.0 Å². The Morgan fingerprint density at radius 2 is 1.48 bits per heavy atom. The highest BCUT2D eigenvalue weighted by molar-refractivity contribution is 7.90. The fourth-order valence-corrected chi connectivity index (χ4v) is 4.68. The minimum Gasteiger partial charge on any atom is -0.462 e. The minimum absolute atomic E-state index is 0.227. The molecule has 0 spiro atoms. The third kappa shape index (κ3) is 4.39. The molecule has 6 heteroatoms. The molecule has 160 valence electrons. The van der Waals surface area contributed by atoms with E-state index in [2.05, 4.69) is 0 Å². The predicted molar refractivity (Wildman–Crippen MR) is 124 cm³/mol. The average Bonchev–Trinajstić information content (AvgIpc) is 3.22. The maximum Gasteiger partial charge on any atom is 0.338 e. The molecule has 0 saturated carbocycles. The number of ether oxygens (including phenoxy) is 1. The maximum atomic E-state index is 13.2. The van der Waals surface area contributed by atoms with Crippen molar-refractivity contribution in [3.05, 3.63) is 90.6 Å². The Bertz CT molecular complexity index is 1270. The number of esters is 1. The first kappa shape index (κ1) is 22.3. The molecule has 1 heterocycles. The standard InChI is InChI=1S/C23H19NO4S.C2H6/c1-2-28-23(25)18-14-12-17(13-15-18)21-16-24(22-11-7-6-10-20(21)22)29(26,27)19-8-4-3-5-9-19;1-2/h3-16H,2H2,1H3;1-2H3. The summed E-state index contributed by atoms with van der Waals surface area (Å²) in [6.07, 6.45) is 1.63. The van der Waals surface area contributed by atoms with Gasteiger partial charge in [-0.1, -0.05) is 62.4 Å². The SMILES string of the molecule is CC.CCOC(=O)c1ccc(-c2cn(S(=O)(=O)c3ccccc3)c3ccccc23)cc1. The maximum absolute atomic E-state index is 13.2. The summed E-state index contributed by atoms with van der Waals surface area (Å²) in [5.74, 6) is -0.381. The van der Waals surface area contributed by atoms with Crippen molar-refractivity contribution in [2.24, 2.45) is 0 Å². The Balaban J connectivity index is 0.00000132. The molecule has 0 amide bonds. The molecule has 5 nitrogen and oxygen atoms in total. The zero-order chi connectivity index (χ0) is 22.4. The van der Waals surface area contributed by atoms with Gasteiger partial charge in [0.25, 0.3) is 10.0 Å². The van der Waals surface area contributed by atoms with Crippen LogP contribution in [0.3, 0.4) is 0 Å². The number of aromatic nitrogens is 1. The van der Waals surface area contributed by atoms with Gasteiger partial charge in [0.1, 0.15) is 0 Å². The first-order valence-electron chi connectivity index (χ1n) is 10.2. The number of carbonyl (C=O) groups is 1. The van der Waals surface area contributed by atoms with Crippen LogP contribution in [0.2, 0.25) is 0 Å². The van der Waals surface area contributed by atoms with Crippen molar-refractivity contribution in [2.75, 3.05) is 6.61 Å². The van der Waals surface area contributed by atoms with Gasteiger partial charge in [-0.2, -0.15) is 0 Å². The molecular formula is C25H25NO4S. The summed E-state index contributed by atoms with van der Waals surface area (Å²) in [5, 5.41) is 0.816. The molecule has 4 rings (SSSR count). The van der Waals surface area contributed by atoms with Gasteiger partial charge in [0.2, 0.25) is 0 Å². The zero-order valence-corrected chi connectivity index (χ0v) is 18.6. The van der Waals surface area contributed by atoms with Gasteiger partial charge in [-0.25, -0.2) is 17.2 Å². The Hall–Kier alpha value is -3.38. The van der Waals surface area contributed by atoms with Crippen LogP contribution in [0.1, 0.15) is 31.1 Å². The summed E-state index contributed by atoms with van der Waals surface area (Å²) >= 11 is 0. The van der Waals surface area contributed by atoms with E-state index in [4.69, 9.17) is 4.74 Å². The lowest BCUT2D eigenvalue weighted by Gasteiger charge is -2.07. The summed E-state index contributed by atoms with van der Waals surface area (Å²) in [4.78, 5) is 12.1. The van der Waals surface area contributed by atoms with Gasteiger partial charge in [0, 0.05) is 17.1 Å². The van der Waals surface area contributed by atoms with Gasteiger partial charge in [0.15, 0.2) is 0 Å². The van der Waals surface area contributed by atoms with Crippen molar-refractivity contribution in [3.8, 4) is 11.1 Å². The van der Waals surface area contributed by atoms with Gasteiger partial charge >= 0.3 is 5.97 Å². The number of hydrogen-bond donors (Lipinski definition) is 0. The van der Waals surface area contributed by atoms with Crippen molar-refractivity contribution in [1.82, 2.24) is 3.97 Å². The molecule has 0 aliphatic heterocycles. The highest BCUT2D eigenvalue weighted by atomic mass is 32.2. The fraction of sp³-hybridized carbons (Fsp3) is 0.160. The molecule has 0 aliphatic rings. The van der Waals surface area contributed by atoms with E-state index in [1.807, 2.05) is 32.0 Å². The molecule has 0 bridgehead atoms. The smallest absolute Gasteiger partial charge is 0.338 e. The number of hydrogen-bond acceptors (Lipinski definition) is 4. The monoisotopic (exact) mass is 435 g/mol. The first-order chi connectivity index (χ1) is 15.0. The largest absolute Gasteiger partial charge is 0.462 e. The molecule has 4 aromatic rings. The second-order valence-corrected chi connectivity index (χ2v) is 8.29. The van der Waals surface area contributed by atoms with E-state index >= 15 is 0 Å². The number of fused-ring (bicyclic) bond motifs is 1. The third-order valence-corrected chi connectivity index (χ3v) is 6.37. The summed E-state index contributed by atoms with van der Waals surface area (Å²) in [5.41, 5.74) is 2.64. The van der Waals surface area contributed by atoms with Crippen LogP contribution in [0.15, 0.2) is 90.0 Å². The Kier molecular flexibility index (Phi) is 6.92. The Morgan fingerprint density at radius 3 is 2.13 bits per heavy atom. The summed E-state index contributed by atoms with van der Waals surface area (Å²) in [7, 11) is -3.74. The average molecular weight is 436 g/mol. The molecule has 0 atom stereocenters. The molecule has 0 aliphatic carbocycles. The molecular weight excluding hydrogens is 410 g/mol. The quantitative estimate of drug-likeness (QED) is 0.375. The van der Waals surface area contributed by atoms with Crippen molar-refractivity contribution >= 4 is 26.9 Å². The van der Waals surface area contributed by atoms with Gasteiger partial charge in [-0.05, 0) is 42.8 Å². The zero-order valence-electron chi connectivity index (χ0n) is 17.8. The fourth-order valence-electron chi connectivity index (χ4n) is 3.29. The van der Waals surface area contributed by atoms with E-state index in [-0.39, 0.29) is 10.9 Å². The van der Waals surface area contributed by atoms with Crippen LogP contribution in [0.25, 0.3) is 22.0 Å². The molecule has 0 saturated heterocycles.